The number of carbonyl (C=O) groups excluding carboxylic acids is 2. The summed E-state index contributed by atoms with van der Waals surface area (Å²) in [7, 11) is 0. The molecule has 10 heteroatoms. The van der Waals surface area contributed by atoms with E-state index >= 15 is 0 Å². The molecule has 4 N–H and O–H groups in total. The standard InChI is InChI=1S/C63H72N8O2/c1-10-64-59-35-52(41(2)29-57(59)47(8)70-28-27-51-19-13-15-21-61(51)70)25-23-49-31-50(24-26-53-36-60-58(30-42(53)3)48(9)71-56(39-67-60)34-54-20-14-16-22-62(54)71)33-55(32-49)69-45(6)38-65-44(5)37-68-63(73)40-66-43(4)17-11-12-18-46(7)72/h10,13-16,19-22,29-33,35-36,39,56,65-66,69H,4-6,8-9,11-12,17-18,23-28,34,37-38,40H2,1-3,7H3,(H,68,73). The number of nitrogens with one attached hydrogen (secondary N) is 4. The molecule has 0 fully saturated rings. The minimum Gasteiger partial charge on any atom is -0.382 e. The molecule has 1 amide bonds. The Balaban J connectivity index is 0.949. The lowest BCUT2D eigenvalue weighted by Gasteiger charge is -2.26. The van der Waals surface area contributed by atoms with Crippen LogP contribution in [-0.4, -0.2) is 56.3 Å². The number of ketones is 1. The fraction of sp³-hybridized carbons (Fsp3) is 0.302. The normalized spacial score (nSPS) is 14.2. The Kier molecular flexibility index (Phi) is 16.7. The number of aliphatic imine (C=N–C) groups is 2. The molecule has 8 rings (SSSR count). The van der Waals surface area contributed by atoms with Crippen molar-refractivity contribution in [2.75, 3.05) is 41.3 Å². The number of hydrogen-bond donors (Lipinski definition) is 4. The van der Waals surface area contributed by atoms with Crippen LogP contribution in [0.2, 0.25) is 0 Å². The van der Waals surface area contributed by atoms with Crippen molar-refractivity contribution in [3.8, 4) is 0 Å². The molecule has 0 radical (unpaired) electrons. The van der Waals surface area contributed by atoms with Gasteiger partial charge in [0, 0.05) is 88.5 Å². The van der Waals surface area contributed by atoms with Gasteiger partial charge in [0.25, 0.3) is 0 Å². The van der Waals surface area contributed by atoms with E-state index in [1.165, 1.54) is 55.9 Å². The predicted octanol–water partition coefficient (Wildman–Crippen LogP) is 12.1. The van der Waals surface area contributed by atoms with Crippen LogP contribution in [0.3, 0.4) is 0 Å². The van der Waals surface area contributed by atoms with Gasteiger partial charge in [-0.25, -0.2) is 0 Å². The molecule has 0 spiro atoms. The fourth-order valence-electron chi connectivity index (χ4n) is 10.3. The summed E-state index contributed by atoms with van der Waals surface area (Å²) in [6, 6.07) is 33.2. The summed E-state index contributed by atoms with van der Waals surface area (Å²) in [4.78, 5) is 38.4. The van der Waals surface area contributed by atoms with Gasteiger partial charge in [-0.15, -0.1) is 0 Å². The van der Waals surface area contributed by atoms with Crippen LogP contribution in [0.1, 0.15) is 95.2 Å². The molecule has 0 bridgehead atoms. The Morgan fingerprint density at radius 2 is 1.40 bits per heavy atom. The highest BCUT2D eigenvalue weighted by atomic mass is 16.2. The largest absolute Gasteiger partial charge is 0.382 e. The molecule has 10 nitrogen and oxygen atoms in total. The van der Waals surface area contributed by atoms with Crippen molar-refractivity contribution in [1.29, 1.82) is 0 Å². The maximum atomic E-state index is 12.6. The van der Waals surface area contributed by atoms with Crippen molar-refractivity contribution >= 4 is 64.0 Å². The number of aryl methyl sites for hydroxylation is 6. The van der Waals surface area contributed by atoms with Crippen molar-refractivity contribution in [2.24, 2.45) is 9.98 Å². The van der Waals surface area contributed by atoms with Gasteiger partial charge in [0.1, 0.15) is 5.78 Å². The molecule has 3 heterocycles. The van der Waals surface area contributed by atoms with Gasteiger partial charge < -0.3 is 35.9 Å². The molecule has 376 valence electrons. The minimum atomic E-state index is -0.154. The second-order valence-corrected chi connectivity index (χ2v) is 19.8. The minimum absolute atomic E-state index is 0.124. The van der Waals surface area contributed by atoms with Crippen LogP contribution in [0.4, 0.5) is 28.4 Å². The van der Waals surface area contributed by atoms with Crippen LogP contribution >= 0.6 is 0 Å². The van der Waals surface area contributed by atoms with E-state index in [2.05, 4.69) is 175 Å². The average molecular weight is 973 g/mol. The smallest absolute Gasteiger partial charge is 0.239 e. The van der Waals surface area contributed by atoms with Gasteiger partial charge in [-0.1, -0.05) is 75.4 Å². The van der Waals surface area contributed by atoms with E-state index in [0.29, 0.717) is 18.7 Å². The molecule has 0 aromatic heterocycles. The second kappa shape index (κ2) is 23.7. The summed E-state index contributed by atoms with van der Waals surface area (Å²) >= 11 is 0. The fourth-order valence-corrected chi connectivity index (χ4v) is 10.3. The summed E-state index contributed by atoms with van der Waals surface area (Å²) in [5.74, 6) is 0.0342. The van der Waals surface area contributed by atoms with Gasteiger partial charge in [0.2, 0.25) is 5.91 Å². The zero-order chi connectivity index (χ0) is 51.6. The van der Waals surface area contributed by atoms with Gasteiger partial charge in [0.05, 0.1) is 37.1 Å². The van der Waals surface area contributed by atoms with Crippen molar-refractivity contribution in [1.82, 2.24) is 16.0 Å². The topological polar surface area (TPSA) is 113 Å². The first-order valence-corrected chi connectivity index (χ1v) is 25.8. The number of allylic oxidation sites excluding steroid dienone is 1. The van der Waals surface area contributed by atoms with Crippen LogP contribution in [-0.2, 0) is 48.1 Å². The highest BCUT2D eigenvalue weighted by Gasteiger charge is 2.33. The SMILES string of the molecule is C=C(CCCCC(C)=O)NCC(=O)NCC(=C)NCC(=C)Nc1cc(CCc2cc(N=CC)c(C(=C)N3CCc4ccccc43)cc2C)cc(CCc2cc3c(cc2C)C(=C)N2c4ccccc4CC2C=N3)c1. The Hall–Kier alpha value is -7.72. The Bertz CT molecular complexity index is 3030. The quantitative estimate of drug-likeness (QED) is 0.0360. The molecule has 0 aliphatic carbocycles. The van der Waals surface area contributed by atoms with Crippen LogP contribution in [0.5, 0.6) is 0 Å². The van der Waals surface area contributed by atoms with Gasteiger partial charge in [0.15, 0.2) is 0 Å². The lowest BCUT2D eigenvalue weighted by molar-refractivity contribution is -0.120. The van der Waals surface area contributed by atoms with E-state index in [1.807, 2.05) is 13.1 Å². The third kappa shape index (κ3) is 12.9. The molecule has 0 saturated heterocycles. The van der Waals surface area contributed by atoms with Crippen molar-refractivity contribution < 1.29 is 9.59 Å². The van der Waals surface area contributed by atoms with Gasteiger partial charge in [-0.05, 0) is 172 Å². The number of amides is 1. The lowest BCUT2D eigenvalue weighted by atomic mass is 9.93. The summed E-state index contributed by atoms with van der Waals surface area (Å²) in [6.07, 6.45) is 12.2. The first-order valence-electron chi connectivity index (χ1n) is 25.8. The zero-order valence-corrected chi connectivity index (χ0v) is 43.4. The number of fused-ring (bicyclic) bond motifs is 5. The van der Waals surface area contributed by atoms with E-state index in [1.54, 1.807) is 6.92 Å². The van der Waals surface area contributed by atoms with Gasteiger partial charge in [-0.3, -0.25) is 14.8 Å². The van der Waals surface area contributed by atoms with Crippen LogP contribution in [0, 0.1) is 13.8 Å². The molecule has 1 unspecified atom stereocenters. The lowest BCUT2D eigenvalue weighted by Crippen LogP contribution is -2.36. The molecular formula is C63H72N8O2. The first kappa shape index (κ1) is 51.6. The van der Waals surface area contributed by atoms with Crippen LogP contribution in [0.25, 0.3) is 11.4 Å². The van der Waals surface area contributed by atoms with Crippen LogP contribution < -0.4 is 31.1 Å². The summed E-state index contributed by atoms with van der Waals surface area (Å²) in [5.41, 5.74) is 21.8. The summed E-state index contributed by atoms with van der Waals surface area (Å²) < 4.78 is 0. The number of anilines is 3. The van der Waals surface area contributed by atoms with Crippen LogP contribution in [0.15, 0.2) is 151 Å². The maximum absolute atomic E-state index is 12.6. The van der Waals surface area contributed by atoms with Crippen molar-refractivity contribution in [3.05, 3.63) is 197 Å². The highest BCUT2D eigenvalue weighted by molar-refractivity contribution is 5.95. The van der Waals surface area contributed by atoms with E-state index in [9.17, 15) is 9.59 Å². The number of para-hydroxylation sites is 2. The first-order chi connectivity index (χ1) is 35.2. The summed E-state index contributed by atoms with van der Waals surface area (Å²) in [5, 5.41) is 12.9. The van der Waals surface area contributed by atoms with E-state index in [-0.39, 0.29) is 30.8 Å². The second-order valence-electron chi connectivity index (χ2n) is 19.8. The average Bonchev–Trinajstić information content (AvgIpc) is 3.95. The molecule has 3 aliphatic rings. The number of carbonyl (C=O) groups is 2. The number of hydrogen-bond acceptors (Lipinski definition) is 9. The Morgan fingerprint density at radius 3 is 2.14 bits per heavy atom. The van der Waals surface area contributed by atoms with E-state index in [0.717, 1.165) is 115 Å². The van der Waals surface area contributed by atoms with Gasteiger partial charge >= 0.3 is 0 Å². The van der Waals surface area contributed by atoms with Crippen molar-refractivity contribution in [2.45, 2.75) is 97.9 Å². The van der Waals surface area contributed by atoms with E-state index < -0.39 is 0 Å². The molecule has 0 saturated carbocycles. The predicted molar refractivity (Wildman–Crippen MR) is 307 cm³/mol. The third-order valence-electron chi connectivity index (χ3n) is 14.2. The van der Waals surface area contributed by atoms with Gasteiger partial charge in [-0.2, -0.15) is 0 Å². The number of nitrogens with zero attached hydrogens (tertiary/aromatic N) is 4. The molecule has 5 aromatic rings. The summed E-state index contributed by atoms with van der Waals surface area (Å²) in [6.45, 7) is 31.4. The zero-order valence-electron chi connectivity index (χ0n) is 43.4. The molecule has 5 aromatic carbocycles. The third-order valence-corrected chi connectivity index (χ3v) is 14.2. The molecule has 3 aliphatic heterocycles. The molecule has 73 heavy (non-hydrogen) atoms. The maximum Gasteiger partial charge on any atom is 0.239 e. The monoisotopic (exact) mass is 973 g/mol. The Labute approximate surface area is 433 Å². The van der Waals surface area contributed by atoms with E-state index in [4.69, 9.17) is 9.98 Å². The number of Topliss-reactive ketones (excluding diaryl/α,β-unsaturated/α-hetero) is 1. The molecular weight excluding hydrogens is 901 g/mol. The number of rotatable bonds is 24. The number of benzene rings is 5. The molecule has 1 atom stereocenters. The highest BCUT2D eigenvalue weighted by Crippen LogP contribution is 2.43. The Morgan fingerprint density at radius 1 is 0.740 bits per heavy atom. The number of unbranched alkanes of at least 4 members (excludes halogenated alkanes) is 1. The van der Waals surface area contributed by atoms with Crippen molar-refractivity contribution in [3.63, 3.8) is 0 Å².